The van der Waals surface area contributed by atoms with Crippen LogP contribution in [0.4, 0.5) is 11.5 Å². The molecule has 3 N–H and O–H groups in total. The van der Waals surface area contributed by atoms with Crippen LogP contribution in [-0.2, 0) is 4.79 Å². The molecule has 0 spiro atoms. The van der Waals surface area contributed by atoms with E-state index in [1.54, 1.807) is 13.1 Å². The van der Waals surface area contributed by atoms with Crippen molar-refractivity contribution >= 4 is 17.4 Å². The number of hydrogen-bond donors (Lipinski definition) is 3. The minimum atomic E-state index is -0.192. The van der Waals surface area contributed by atoms with E-state index >= 15 is 0 Å². The van der Waals surface area contributed by atoms with Gasteiger partial charge in [-0.05, 0) is 6.92 Å². The van der Waals surface area contributed by atoms with Gasteiger partial charge in [-0.3, -0.25) is 9.89 Å². The Morgan fingerprint density at radius 3 is 3.27 bits per heavy atom. The van der Waals surface area contributed by atoms with Crippen LogP contribution >= 0.6 is 0 Å². The number of aromatic nitrogens is 2. The quantitative estimate of drug-likeness (QED) is 0.496. The monoisotopic (exact) mass is 152 g/mol. The molecule has 0 bridgehead atoms. The van der Waals surface area contributed by atoms with Gasteiger partial charge in [0.1, 0.15) is 17.5 Å². The maximum absolute atomic E-state index is 11.0. The normalized spacial score (nSPS) is 21.9. The maximum atomic E-state index is 11.0. The van der Waals surface area contributed by atoms with Gasteiger partial charge in [0, 0.05) is 0 Å². The van der Waals surface area contributed by atoms with Gasteiger partial charge in [0.15, 0.2) is 0 Å². The average molecular weight is 152 g/mol. The van der Waals surface area contributed by atoms with Gasteiger partial charge in [-0.2, -0.15) is 5.10 Å². The Kier molecular flexibility index (Phi) is 1.12. The summed E-state index contributed by atoms with van der Waals surface area (Å²) in [5, 5.41) is 12.2. The second-order valence-electron chi connectivity index (χ2n) is 2.51. The zero-order chi connectivity index (χ0) is 7.84. The lowest BCUT2D eigenvalue weighted by Crippen LogP contribution is -2.36. The molecule has 0 aliphatic carbocycles. The topological polar surface area (TPSA) is 69.8 Å². The Morgan fingerprint density at radius 1 is 1.64 bits per heavy atom. The second-order valence-corrected chi connectivity index (χ2v) is 2.51. The fourth-order valence-electron chi connectivity index (χ4n) is 1.01. The first-order chi connectivity index (χ1) is 5.27. The molecule has 1 aliphatic rings. The third-order valence-electron chi connectivity index (χ3n) is 1.65. The summed E-state index contributed by atoms with van der Waals surface area (Å²) in [7, 11) is 0. The number of aromatic amines is 1. The summed E-state index contributed by atoms with van der Waals surface area (Å²) < 4.78 is 0. The van der Waals surface area contributed by atoms with Crippen molar-refractivity contribution in [3.8, 4) is 0 Å². The van der Waals surface area contributed by atoms with Crippen molar-refractivity contribution in [2.75, 3.05) is 10.6 Å². The molecule has 0 radical (unpaired) electrons. The molecule has 0 aromatic carbocycles. The second kappa shape index (κ2) is 1.98. The number of H-pyrrole nitrogens is 1. The highest BCUT2D eigenvalue weighted by atomic mass is 16.2. The Balaban J connectivity index is 2.37. The SMILES string of the molecule is CC1Nc2[nH]ncc2NC1=O. The van der Waals surface area contributed by atoms with E-state index in [-0.39, 0.29) is 11.9 Å². The number of nitrogens with one attached hydrogen (secondary N) is 3. The molecule has 2 rings (SSSR count). The molecule has 5 nitrogen and oxygen atoms in total. The fraction of sp³-hybridized carbons (Fsp3) is 0.333. The Bertz CT molecular complexity index is 293. The number of carbonyl (C=O) groups is 1. The molecular weight excluding hydrogens is 144 g/mol. The van der Waals surface area contributed by atoms with Gasteiger partial charge in [0.05, 0.1) is 6.20 Å². The van der Waals surface area contributed by atoms with Crippen LogP contribution in [0, 0.1) is 0 Å². The number of rotatable bonds is 0. The van der Waals surface area contributed by atoms with Gasteiger partial charge in [-0.15, -0.1) is 0 Å². The highest BCUT2D eigenvalue weighted by Crippen LogP contribution is 2.22. The van der Waals surface area contributed by atoms with Gasteiger partial charge in [-0.1, -0.05) is 0 Å². The molecule has 2 heterocycles. The molecule has 0 fully saturated rings. The van der Waals surface area contributed by atoms with Crippen molar-refractivity contribution in [3.63, 3.8) is 0 Å². The summed E-state index contributed by atoms with van der Waals surface area (Å²) in [6.07, 6.45) is 1.58. The third kappa shape index (κ3) is 0.849. The summed E-state index contributed by atoms with van der Waals surface area (Å²) >= 11 is 0. The molecule has 1 atom stereocenters. The van der Waals surface area contributed by atoms with E-state index in [1.807, 2.05) is 0 Å². The summed E-state index contributed by atoms with van der Waals surface area (Å²) in [4.78, 5) is 11.0. The van der Waals surface area contributed by atoms with Gasteiger partial charge in [0.25, 0.3) is 0 Å². The Labute approximate surface area is 63.2 Å². The molecule has 1 unspecified atom stereocenters. The molecular formula is C6H8N4O. The lowest BCUT2D eigenvalue weighted by molar-refractivity contribution is -0.116. The lowest BCUT2D eigenvalue weighted by atomic mass is 10.2. The summed E-state index contributed by atoms with van der Waals surface area (Å²) in [5.74, 6) is 0.746. The van der Waals surface area contributed by atoms with Crippen molar-refractivity contribution in [3.05, 3.63) is 6.20 Å². The standard InChI is InChI=1S/C6H8N4O/c1-3-6(11)9-4-2-7-10-5(4)8-3/h2-3H,1H3,(H,9,11)(H2,7,8,10). The highest BCUT2D eigenvalue weighted by Gasteiger charge is 2.21. The Hall–Kier alpha value is -1.52. The molecule has 0 saturated carbocycles. The highest BCUT2D eigenvalue weighted by molar-refractivity contribution is 6.01. The van der Waals surface area contributed by atoms with Crippen molar-refractivity contribution in [1.82, 2.24) is 10.2 Å². The van der Waals surface area contributed by atoms with Gasteiger partial charge in [-0.25, -0.2) is 0 Å². The van der Waals surface area contributed by atoms with Gasteiger partial charge >= 0.3 is 0 Å². The van der Waals surface area contributed by atoms with Crippen LogP contribution in [0.5, 0.6) is 0 Å². The first-order valence-corrected chi connectivity index (χ1v) is 3.38. The largest absolute Gasteiger partial charge is 0.357 e. The minimum Gasteiger partial charge on any atom is -0.357 e. The molecule has 5 heteroatoms. The smallest absolute Gasteiger partial charge is 0.246 e. The first-order valence-electron chi connectivity index (χ1n) is 3.38. The molecule has 1 aromatic rings. The zero-order valence-electron chi connectivity index (χ0n) is 6.01. The molecule has 11 heavy (non-hydrogen) atoms. The van der Waals surface area contributed by atoms with Crippen molar-refractivity contribution in [2.45, 2.75) is 13.0 Å². The number of carbonyl (C=O) groups excluding carboxylic acids is 1. The van der Waals surface area contributed by atoms with E-state index in [1.165, 1.54) is 0 Å². The fourth-order valence-corrected chi connectivity index (χ4v) is 1.01. The van der Waals surface area contributed by atoms with Crippen molar-refractivity contribution in [2.24, 2.45) is 0 Å². The summed E-state index contributed by atoms with van der Waals surface area (Å²) in [6, 6.07) is -0.192. The van der Waals surface area contributed by atoms with E-state index in [4.69, 9.17) is 0 Å². The number of anilines is 2. The van der Waals surface area contributed by atoms with Crippen molar-refractivity contribution < 1.29 is 4.79 Å². The zero-order valence-corrected chi connectivity index (χ0v) is 6.01. The predicted molar refractivity (Wildman–Crippen MR) is 40.3 cm³/mol. The number of nitrogens with zero attached hydrogens (tertiary/aromatic N) is 1. The molecule has 1 aliphatic heterocycles. The van der Waals surface area contributed by atoms with Crippen LogP contribution in [0.2, 0.25) is 0 Å². The van der Waals surface area contributed by atoms with E-state index < -0.39 is 0 Å². The van der Waals surface area contributed by atoms with Crippen LogP contribution in [0.1, 0.15) is 6.92 Å². The first kappa shape index (κ1) is 6.21. The molecule has 58 valence electrons. The third-order valence-corrected chi connectivity index (χ3v) is 1.65. The van der Waals surface area contributed by atoms with Crippen LogP contribution in [0.25, 0.3) is 0 Å². The van der Waals surface area contributed by atoms with Gasteiger partial charge in [0.2, 0.25) is 5.91 Å². The number of hydrogen-bond acceptors (Lipinski definition) is 3. The van der Waals surface area contributed by atoms with E-state index in [9.17, 15) is 4.79 Å². The van der Waals surface area contributed by atoms with Gasteiger partial charge < -0.3 is 10.6 Å². The molecule has 1 amide bonds. The number of amides is 1. The molecule has 1 aromatic heterocycles. The van der Waals surface area contributed by atoms with Crippen LogP contribution < -0.4 is 10.6 Å². The summed E-state index contributed by atoms with van der Waals surface area (Å²) in [6.45, 7) is 1.79. The van der Waals surface area contributed by atoms with Crippen LogP contribution in [0.15, 0.2) is 6.20 Å². The lowest BCUT2D eigenvalue weighted by Gasteiger charge is -2.19. The van der Waals surface area contributed by atoms with E-state index in [2.05, 4.69) is 20.8 Å². The van der Waals surface area contributed by atoms with Crippen molar-refractivity contribution in [1.29, 1.82) is 0 Å². The van der Waals surface area contributed by atoms with Crippen LogP contribution in [0.3, 0.4) is 0 Å². The maximum Gasteiger partial charge on any atom is 0.246 e. The predicted octanol–water partition coefficient (Wildman–Crippen LogP) is 0.162. The van der Waals surface area contributed by atoms with E-state index in [0.29, 0.717) is 5.69 Å². The summed E-state index contributed by atoms with van der Waals surface area (Å²) in [5.41, 5.74) is 0.716. The average Bonchev–Trinajstić information content (AvgIpc) is 2.36. The van der Waals surface area contributed by atoms with E-state index in [0.717, 1.165) is 5.82 Å². The van der Waals surface area contributed by atoms with Crippen LogP contribution in [-0.4, -0.2) is 22.1 Å². The molecule has 0 saturated heterocycles. The number of fused-ring (bicyclic) bond motifs is 1. The Morgan fingerprint density at radius 2 is 2.45 bits per heavy atom. The minimum absolute atomic E-state index is 0.0288.